The van der Waals surface area contributed by atoms with Crippen LogP contribution in [-0.4, -0.2) is 30.1 Å². The van der Waals surface area contributed by atoms with Gasteiger partial charge in [-0.15, -0.1) is 35.3 Å². The van der Waals surface area contributed by atoms with Crippen LogP contribution in [0.3, 0.4) is 0 Å². The zero-order chi connectivity index (χ0) is 15.1. The predicted octanol–water partition coefficient (Wildman–Crippen LogP) is 2.34. The minimum Gasteiger partial charge on any atom is -0.481 e. The molecule has 2 heterocycles. The van der Waals surface area contributed by atoms with Crippen molar-refractivity contribution in [1.29, 1.82) is 0 Å². The number of methoxy groups -OCH3 is 1. The first-order valence-electron chi connectivity index (χ1n) is 6.57. The van der Waals surface area contributed by atoms with Crippen LogP contribution >= 0.6 is 35.3 Å². The van der Waals surface area contributed by atoms with Gasteiger partial charge < -0.3 is 15.4 Å². The lowest BCUT2D eigenvalue weighted by Gasteiger charge is -2.11. The molecular weight excluding hydrogens is 413 g/mol. The Hall–Kier alpha value is -1.42. The average Bonchev–Trinajstić information content (AvgIpc) is 2.93. The number of nitrogens with one attached hydrogen (secondary N) is 2. The lowest BCUT2D eigenvalue weighted by molar-refractivity contribution is 0.396. The fourth-order valence-corrected chi connectivity index (χ4v) is 2.43. The molecule has 0 saturated heterocycles. The van der Waals surface area contributed by atoms with E-state index in [4.69, 9.17) is 4.74 Å². The second-order valence-electron chi connectivity index (χ2n) is 4.32. The van der Waals surface area contributed by atoms with E-state index in [1.54, 1.807) is 25.5 Å². The Bertz CT molecular complexity index is 617. The molecule has 0 bridgehead atoms. The first-order valence-corrected chi connectivity index (χ1v) is 7.38. The molecule has 6 nitrogen and oxygen atoms in total. The van der Waals surface area contributed by atoms with Crippen molar-refractivity contribution in [2.75, 3.05) is 14.2 Å². The molecule has 2 aromatic rings. The van der Waals surface area contributed by atoms with E-state index >= 15 is 0 Å². The monoisotopic (exact) mass is 433 g/mol. The van der Waals surface area contributed by atoms with Crippen molar-refractivity contribution in [1.82, 2.24) is 20.6 Å². The molecule has 0 amide bonds. The molecule has 2 N–H and O–H groups in total. The van der Waals surface area contributed by atoms with Gasteiger partial charge in [-0.3, -0.25) is 4.99 Å². The van der Waals surface area contributed by atoms with Crippen LogP contribution in [0.1, 0.15) is 15.6 Å². The number of rotatable bonds is 5. The summed E-state index contributed by atoms with van der Waals surface area (Å²) in [6, 6.07) is 5.67. The van der Waals surface area contributed by atoms with E-state index in [9.17, 15) is 0 Å². The minimum absolute atomic E-state index is 0. The summed E-state index contributed by atoms with van der Waals surface area (Å²) < 4.78 is 5.10. The van der Waals surface area contributed by atoms with Gasteiger partial charge in [0.2, 0.25) is 5.88 Å². The molecule has 0 aliphatic carbocycles. The lowest BCUT2D eigenvalue weighted by atomic mass is 10.3. The van der Waals surface area contributed by atoms with Gasteiger partial charge in [-0.25, -0.2) is 9.97 Å². The third kappa shape index (κ3) is 5.76. The summed E-state index contributed by atoms with van der Waals surface area (Å²) in [7, 11) is 3.34. The summed E-state index contributed by atoms with van der Waals surface area (Å²) in [4.78, 5) is 14.0. The molecule has 22 heavy (non-hydrogen) atoms. The molecule has 0 atom stereocenters. The Labute approximate surface area is 151 Å². The van der Waals surface area contributed by atoms with E-state index in [2.05, 4.69) is 25.6 Å². The molecule has 0 aliphatic heterocycles. The Morgan fingerprint density at radius 2 is 2.09 bits per heavy atom. The van der Waals surface area contributed by atoms with E-state index in [-0.39, 0.29) is 24.0 Å². The first-order chi connectivity index (χ1) is 10.2. The van der Waals surface area contributed by atoms with Crippen LogP contribution in [0.25, 0.3) is 0 Å². The van der Waals surface area contributed by atoms with E-state index in [0.717, 1.165) is 10.7 Å². The maximum absolute atomic E-state index is 5.10. The fourth-order valence-electron chi connectivity index (χ4n) is 1.71. The highest BCUT2D eigenvalue weighted by Gasteiger charge is 2.03. The number of aliphatic imine (C=N–C) groups is 1. The number of hydrogen-bond acceptors (Lipinski definition) is 5. The summed E-state index contributed by atoms with van der Waals surface area (Å²) in [5, 5.41) is 7.47. The molecule has 0 unspecified atom stereocenters. The van der Waals surface area contributed by atoms with Gasteiger partial charge in [-0.05, 0) is 13.0 Å². The maximum atomic E-state index is 5.10. The highest BCUT2D eigenvalue weighted by molar-refractivity contribution is 14.0. The molecule has 0 fully saturated rings. The van der Waals surface area contributed by atoms with Gasteiger partial charge in [0.1, 0.15) is 5.01 Å². The largest absolute Gasteiger partial charge is 0.481 e. The number of halogens is 1. The van der Waals surface area contributed by atoms with Gasteiger partial charge >= 0.3 is 0 Å². The number of guanidine groups is 1. The van der Waals surface area contributed by atoms with E-state index in [0.29, 0.717) is 24.9 Å². The van der Waals surface area contributed by atoms with Gasteiger partial charge in [0.05, 0.1) is 25.9 Å². The Balaban J connectivity index is 0.00000242. The lowest BCUT2D eigenvalue weighted by Crippen LogP contribution is -2.36. The number of nitrogens with zero attached hydrogens (tertiary/aromatic N) is 3. The van der Waals surface area contributed by atoms with E-state index in [1.165, 1.54) is 4.88 Å². The van der Waals surface area contributed by atoms with Gasteiger partial charge in [-0.2, -0.15) is 0 Å². The predicted molar refractivity (Wildman–Crippen MR) is 100 cm³/mol. The topological polar surface area (TPSA) is 71.4 Å². The van der Waals surface area contributed by atoms with E-state index in [1.807, 2.05) is 31.3 Å². The van der Waals surface area contributed by atoms with Crippen molar-refractivity contribution >= 4 is 41.3 Å². The Morgan fingerprint density at radius 1 is 1.32 bits per heavy atom. The summed E-state index contributed by atoms with van der Waals surface area (Å²) in [5.74, 6) is 1.32. The van der Waals surface area contributed by atoms with Crippen molar-refractivity contribution < 1.29 is 4.74 Å². The van der Waals surface area contributed by atoms with Crippen molar-refractivity contribution in [3.05, 3.63) is 40.0 Å². The van der Waals surface area contributed by atoms with Crippen molar-refractivity contribution in [2.24, 2.45) is 4.99 Å². The highest BCUT2D eigenvalue weighted by atomic mass is 127. The highest BCUT2D eigenvalue weighted by Crippen LogP contribution is 2.10. The normalized spacial score (nSPS) is 10.8. The van der Waals surface area contributed by atoms with E-state index < -0.39 is 0 Å². The fraction of sp³-hybridized carbons (Fsp3) is 0.357. The van der Waals surface area contributed by atoms with Crippen molar-refractivity contribution in [3.8, 4) is 5.88 Å². The molecule has 0 saturated carbocycles. The third-order valence-electron chi connectivity index (χ3n) is 2.73. The molecule has 0 aliphatic rings. The van der Waals surface area contributed by atoms with Gasteiger partial charge in [0.25, 0.3) is 0 Å². The molecule has 120 valence electrons. The number of aryl methyl sites for hydroxylation is 1. The standard InChI is InChI=1S/C14H19N5OS.HI/c1-10-7-16-13(21-10)9-18-14(15-2)17-8-11-5-4-6-12(19-11)20-3;/h4-7H,8-9H2,1-3H3,(H2,15,17,18);1H. The van der Waals surface area contributed by atoms with Crippen LogP contribution in [0, 0.1) is 6.92 Å². The smallest absolute Gasteiger partial charge is 0.213 e. The molecule has 0 aromatic carbocycles. The minimum atomic E-state index is 0. The summed E-state index contributed by atoms with van der Waals surface area (Å²) in [6.45, 7) is 3.28. The quantitative estimate of drug-likeness (QED) is 0.431. The van der Waals surface area contributed by atoms with Gasteiger partial charge in [0, 0.05) is 24.2 Å². The SMILES string of the molecule is CN=C(NCc1cccc(OC)n1)NCc1ncc(C)s1.I. The summed E-state index contributed by atoms with van der Waals surface area (Å²) in [6.07, 6.45) is 1.87. The van der Waals surface area contributed by atoms with Crippen LogP contribution in [0.5, 0.6) is 5.88 Å². The zero-order valence-electron chi connectivity index (χ0n) is 12.8. The van der Waals surface area contributed by atoms with Crippen molar-refractivity contribution in [3.63, 3.8) is 0 Å². The molecule has 8 heteroatoms. The number of hydrogen-bond donors (Lipinski definition) is 2. The Kier molecular flexibility index (Phi) is 8.10. The average molecular weight is 433 g/mol. The third-order valence-corrected chi connectivity index (χ3v) is 3.64. The van der Waals surface area contributed by atoms with Crippen LogP contribution in [0.2, 0.25) is 0 Å². The number of ether oxygens (including phenoxy) is 1. The molecular formula is C14H20IN5OS. The maximum Gasteiger partial charge on any atom is 0.213 e. The second-order valence-corrected chi connectivity index (χ2v) is 5.63. The van der Waals surface area contributed by atoms with Crippen molar-refractivity contribution in [2.45, 2.75) is 20.0 Å². The molecule has 0 spiro atoms. The Morgan fingerprint density at radius 3 is 2.73 bits per heavy atom. The van der Waals surface area contributed by atoms with Crippen LogP contribution in [-0.2, 0) is 13.1 Å². The molecule has 0 radical (unpaired) electrons. The first kappa shape index (κ1) is 18.6. The van der Waals surface area contributed by atoms with Gasteiger partial charge in [0.15, 0.2) is 5.96 Å². The molecule has 2 aromatic heterocycles. The van der Waals surface area contributed by atoms with Crippen LogP contribution in [0.15, 0.2) is 29.4 Å². The zero-order valence-corrected chi connectivity index (χ0v) is 15.9. The summed E-state index contributed by atoms with van der Waals surface area (Å²) in [5.41, 5.74) is 0.891. The summed E-state index contributed by atoms with van der Waals surface area (Å²) >= 11 is 1.67. The number of pyridine rings is 1. The second kappa shape index (κ2) is 9.57. The number of thiazole rings is 1. The van der Waals surface area contributed by atoms with Crippen LogP contribution in [0.4, 0.5) is 0 Å². The van der Waals surface area contributed by atoms with Crippen LogP contribution < -0.4 is 15.4 Å². The number of aromatic nitrogens is 2. The molecule has 2 rings (SSSR count). The van der Waals surface area contributed by atoms with Gasteiger partial charge in [-0.1, -0.05) is 6.07 Å².